The minimum atomic E-state index is -3.95. The van der Waals surface area contributed by atoms with Crippen molar-refractivity contribution in [1.29, 1.82) is 0 Å². The van der Waals surface area contributed by atoms with Gasteiger partial charge in [0, 0.05) is 5.02 Å². The molecule has 0 aliphatic heterocycles. The van der Waals surface area contributed by atoms with E-state index >= 15 is 0 Å². The number of nitrogens with zero attached hydrogens (tertiary/aromatic N) is 2. The lowest BCUT2D eigenvalue weighted by Gasteiger charge is -2.04. The van der Waals surface area contributed by atoms with Crippen molar-refractivity contribution >= 4 is 49.1 Å². The van der Waals surface area contributed by atoms with Gasteiger partial charge in [0.15, 0.2) is 0 Å². The molecular weight excluding hydrogens is 408 g/mol. The maximum atomic E-state index is 12.7. The number of hydrogen-bond donors (Lipinski definition) is 0. The Morgan fingerprint density at radius 2 is 1.93 bits per heavy atom. The molecule has 0 amide bonds. The van der Waals surface area contributed by atoms with Gasteiger partial charge in [-0.15, -0.1) is 4.40 Å². The second kappa shape index (κ2) is 7.84. The molecule has 0 radical (unpaired) electrons. The highest BCUT2D eigenvalue weighted by Gasteiger charge is 2.16. The standard InChI is InChI=1S/C18H17ClN2O4S2/c1-3-12-4-9-15-16(10-12)26-18(21(15)11-17(22)25-2)20-27(23,24)14-7-5-13(19)6-8-14/h4-10H,3,11H2,1-2H3/b20-18-. The van der Waals surface area contributed by atoms with Crippen LogP contribution in [0.5, 0.6) is 0 Å². The summed E-state index contributed by atoms with van der Waals surface area (Å²) in [7, 11) is -2.67. The topological polar surface area (TPSA) is 77.7 Å². The maximum Gasteiger partial charge on any atom is 0.325 e. The SMILES string of the molecule is CCc1ccc2c(c1)s/c(=N\S(=O)(=O)c1ccc(Cl)cc1)n2CC(=O)OC. The average Bonchev–Trinajstić information content (AvgIpc) is 2.97. The number of fused-ring (bicyclic) bond motifs is 1. The van der Waals surface area contributed by atoms with Crippen LogP contribution in [0.4, 0.5) is 0 Å². The summed E-state index contributed by atoms with van der Waals surface area (Å²) in [6.45, 7) is 1.91. The van der Waals surface area contributed by atoms with Crippen molar-refractivity contribution in [2.45, 2.75) is 24.8 Å². The molecular formula is C18H17ClN2O4S2. The number of benzene rings is 2. The van der Waals surface area contributed by atoms with E-state index in [9.17, 15) is 13.2 Å². The molecule has 6 nitrogen and oxygen atoms in total. The molecule has 3 aromatic rings. The largest absolute Gasteiger partial charge is 0.468 e. The lowest BCUT2D eigenvalue weighted by Crippen LogP contribution is -2.22. The summed E-state index contributed by atoms with van der Waals surface area (Å²) in [4.78, 5) is 12.1. The van der Waals surface area contributed by atoms with Crippen LogP contribution in [0.3, 0.4) is 0 Å². The van der Waals surface area contributed by atoms with E-state index in [4.69, 9.17) is 16.3 Å². The molecule has 9 heteroatoms. The minimum absolute atomic E-state index is 0.0308. The number of ether oxygens (including phenoxy) is 1. The lowest BCUT2D eigenvalue weighted by atomic mass is 10.2. The number of rotatable bonds is 5. The van der Waals surface area contributed by atoms with E-state index < -0.39 is 16.0 Å². The van der Waals surface area contributed by atoms with E-state index in [-0.39, 0.29) is 16.2 Å². The molecule has 0 aliphatic carbocycles. The van der Waals surface area contributed by atoms with Crippen molar-refractivity contribution in [3.8, 4) is 0 Å². The number of carbonyl (C=O) groups is 1. The predicted octanol–water partition coefficient (Wildman–Crippen LogP) is 3.38. The third-order valence-electron chi connectivity index (χ3n) is 3.98. The Hall–Kier alpha value is -2.16. The third-order valence-corrected chi connectivity index (χ3v) is 6.67. The first kappa shape index (κ1) is 19.6. The van der Waals surface area contributed by atoms with Crippen LogP contribution in [0.1, 0.15) is 12.5 Å². The van der Waals surface area contributed by atoms with Gasteiger partial charge < -0.3 is 9.30 Å². The highest BCUT2D eigenvalue weighted by molar-refractivity contribution is 7.90. The third kappa shape index (κ3) is 4.23. The molecule has 27 heavy (non-hydrogen) atoms. The van der Waals surface area contributed by atoms with Crippen LogP contribution in [0.15, 0.2) is 51.8 Å². The van der Waals surface area contributed by atoms with E-state index in [1.54, 1.807) is 4.57 Å². The van der Waals surface area contributed by atoms with Crippen molar-refractivity contribution in [3.05, 3.63) is 57.9 Å². The number of hydrogen-bond acceptors (Lipinski definition) is 5. The summed E-state index contributed by atoms with van der Waals surface area (Å²) in [6, 6.07) is 11.6. The van der Waals surface area contributed by atoms with Crippen LogP contribution in [0.25, 0.3) is 10.2 Å². The Labute approximate surface area is 165 Å². The summed E-state index contributed by atoms with van der Waals surface area (Å²) < 4.78 is 36.5. The van der Waals surface area contributed by atoms with Gasteiger partial charge in [-0.3, -0.25) is 4.79 Å². The summed E-state index contributed by atoms with van der Waals surface area (Å²) in [5, 5.41) is 0.434. The van der Waals surface area contributed by atoms with Crippen LogP contribution in [-0.2, 0) is 32.5 Å². The number of esters is 1. The summed E-state index contributed by atoms with van der Waals surface area (Å²) >= 11 is 7.04. The normalized spacial score (nSPS) is 12.5. The smallest absolute Gasteiger partial charge is 0.325 e. The Balaban J connectivity index is 2.21. The number of carbonyl (C=O) groups excluding carboxylic acids is 1. The van der Waals surface area contributed by atoms with Gasteiger partial charge in [0.25, 0.3) is 10.0 Å². The number of thiazole rings is 1. The first-order chi connectivity index (χ1) is 12.8. The molecule has 1 heterocycles. The van der Waals surface area contributed by atoms with Gasteiger partial charge in [0.05, 0.1) is 22.2 Å². The lowest BCUT2D eigenvalue weighted by molar-refractivity contribution is -0.141. The minimum Gasteiger partial charge on any atom is -0.468 e. The van der Waals surface area contributed by atoms with Crippen LogP contribution >= 0.6 is 22.9 Å². The Bertz CT molecular complexity index is 1160. The quantitative estimate of drug-likeness (QED) is 0.588. The van der Waals surface area contributed by atoms with E-state index in [0.29, 0.717) is 5.02 Å². The molecule has 0 saturated heterocycles. The van der Waals surface area contributed by atoms with Crippen molar-refractivity contribution < 1.29 is 17.9 Å². The van der Waals surface area contributed by atoms with Crippen LogP contribution in [0.2, 0.25) is 5.02 Å². The maximum absolute atomic E-state index is 12.7. The Morgan fingerprint density at radius 3 is 2.56 bits per heavy atom. The van der Waals surface area contributed by atoms with E-state index in [1.165, 1.54) is 42.7 Å². The number of methoxy groups -OCH3 is 1. The van der Waals surface area contributed by atoms with Crippen molar-refractivity contribution in [1.82, 2.24) is 4.57 Å². The van der Waals surface area contributed by atoms with Gasteiger partial charge in [-0.25, -0.2) is 0 Å². The molecule has 2 aromatic carbocycles. The zero-order valence-corrected chi connectivity index (χ0v) is 17.1. The highest BCUT2D eigenvalue weighted by atomic mass is 35.5. The molecule has 0 spiro atoms. The summed E-state index contributed by atoms with van der Waals surface area (Å²) in [5.74, 6) is -0.486. The second-order valence-corrected chi connectivity index (χ2v) is 8.77. The van der Waals surface area contributed by atoms with Crippen LogP contribution < -0.4 is 4.80 Å². The molecule has 0 bridgehead atoms. The molecule has 0 atom stereocenters. The van der Waals surface area contributed by atoms with Crippen molar-refractivity contribution in [3.63, 3.8) is 0 Å². The molecule has 0 fully saturated rings. The van der Waals surface area contributed by atoms with E-state index in [0.717, 1.165) is 22.2 Å². The number of halogens is 1. The zero-order valence-electron chi connectivity index (χ0n) is 14.7. The van der Waals surface area contributed by atoms with Gasteiger partial charge in [-0.1, -0.05) is 35.9 Å². The van der Waals surface area contributed by atoms with Crippen LogP contribution in [0, 0.1) is 0 Å². The van der Waals surface area contributed by atoms with Gasteiger partial charge in [-0.05, 0) is 48.4 Å². The number of aryl methyl sites for hydroxylation is 1. The Morgan fingerprint density at radius 1 is 1.22 bits per heavy atom. The zero-order chi connectivity index (χ0) is 19.6. The van der Waals surface area contributed by atoms with Gasteiger partial charge in [0.1, 0.15) is 6.54 Å². The second-order valence-electron chi connectivity index (χ2n) is 5.72. The fraction of sp³-hybridized carbons (Fsp3) is 0.222. The fourth-order valence-corrected chi connectivity index (χ4v) is 4.94. The number of sulfonamides is 1. The predicted molar refractivity (Wildman–Crippen MR) is 105 cm³/mol. The first-order valence-corrected chi connectivity index (χ1v) is 10.7. The molecule has 142 valence electrons. The average molecular weight is 425 g/mol. The Kier molecular flexibility index (Phi) is 5.69. The molecule has 1 aromatic heterocycles. The summed E-state index contributed by atoms with van der Waals surface area (Å²) in [6.07, 6.45) is 0.848. The molecule has 0 unspecified atom stereocenters. The number of aromatic nitrogens is 1. The van der Waals surface area contributed by atoms with Gasteiger partial charge in [-0.2, -0.15) is 8.42 Å². The molecule has 3 rings (SSSR count). The summed E-state index contributed by atoms with van der Waals surface area (Å²) in [5.41, 5.74) is 1.84. The van der Waals surface area contributed by atoms with Crippen LogP contribution in [-0.4, -0.2) is 26.1 Å². The van der Waals surface area contributed by atoms with Gasteiger partial charge >= 0.3 is 5.97 Å². The monoisotopic (exact) mass is 424 g/mol. The molecule has 0 saturated carbocycles. The van der Waals surface area contributed by atoms with E-state index in [2.05, 4.69) is 4.40 Å². The van der Waals surface area contributed by atoms with Gasteiger partial charge in [0.2, 0.25) is 4.80 Å². The highest BCUT2D eigenvalue weighted by Crippen LogP contribution is 2.21. The molecule has 0 aliphatic rings. The molecule has 0 N–H and O–H groups in total. The van der Waals surface area contributed by atoms with Crippen molar-refractivity contribution in [2.24, 2.45) is 4.40 Å². The van der Waals surface area contributed by atoms with Crippen molar-refractivity contribution in [2.75, 3.05) is 7.11 Å². The van der Waals surface area contributed by atoms with E-state index in [1.807, 2.05) is 25.1 Å². The fourth-order valence-electron chi connectivity index (χ4n) is 2.52. The first-order valence-electron chi connectivity index (χ1n) is 8.09.